The fourth-order valence-electron chi connectivity index (χ4n) is 1.27. The summed E-state index contributed by atoms with van der Waals surface area (Å²) < 4.78 is 29.5. The summed E-state index contributed by atoms with van der Waals surface area (Å²) in [5, 5.41) is 2.43. The van der Waals surface area contributed by atoms with Crippen molar-refractivity contribution in [2.45, 2.75) is 26.4 Å². The van der Waals surface area contributed by atoms with Gasteiger partial charge in [0, 0.05) is 11.6 Å². The van der Waals surface area contributed by atoms with Gasteiger partial charge in [0.25, 0.3) is 6.08 Å². The lowest BCUT2D eigenvalue weighted by atomic mass is 10.2. The molecule has 0 fully saturated rings. The first-order valence-corrected chi connectivity index (χ1v) is 5.40. The lowest BCUT2D eigenvalue weighted by molar-refractivity contribution is 0.0636. The van der Waals surface area contributed by atoms with Crippen LogP contribution in [0.3, 0.4) is 0 Å². The number of carbonyl (C=O) groups excluding carboxylic acids is 1. The molecule has 0 aliphatic heterocycles. The second kappa shape index (κ2) is 5.62. The molecule has 3 nitrogen and oxygen atoms in total. The molecule has 0 heterocycles. The van der Waals surface area contributed by atoms with Crippen LogP contribution in [0.5, 0.6) is 0 Å². The quantitative estimate of drug-likeness (QED) is 0.856. The fourth-order valence-corrected chi connectivity index (χ4v) is 1.27. The maximum absolute atomic E-state index is 12.2. The maximum Gasteiger partial charge on any atom is 0.412 e. The van der Waals surface area contributed by atoms with Crippen LogP contribution in [-0.4, -0.2) is 11.7 Å². The van der Waals surface area contributed by atoms with Gasteiger partial charge >= 0.3 is 6.09 Å². The molecule has 0 radical (unpaired) electrons. The SMILES string of the molecule is CC(C)(C)OC(=O)Nc1ccccc1C=C(F)F. The highest BCUT2D eigenvalue weighted by Gasteiger charge is 2.16. The van der Waals surface area contributed by atoms with E-state index in [1.807, 2.05) is 0 Å². The third-order valence-electron chi connectivity index (χ3n) is 1.86. The summed E-state index contributed by atoms with van der Waals surface area (Å²) >= 11 is 0. The normalized spacial score (nSPS) is 10.7. The average Bonchev–Trinajstić information content (AvgIpc) is 2.17. The van der Waals surface area contributed by atoms with Gasteiger partial charge in [0.2, 0.25) is 0 Å². The van der Waals surface area contributed by atoms with Gasteiger partial charge < -0.3 is 4.74 Å². The molecule has 1 aromatic rings. The zero-order chi connectivity index (χ0) is 13.8. The zero-order valence-electron chi connectivity index (χ0n) is 10.5. The van der Waals surface area contributed by atoms with Crippen LogP contribution in [0.15, 0.2) is 30.3 Å². The summed E-state index contributed by atoms with van der Waals surface area (Å²) in [4.78, 5) is 11.5. The number of amides is 1. The number of ether oxygens (including phenoxy) is 1. The number of anilines is 1. The Morgan fingerprint density at radius 2 is 1.89 bits per heavy atom. The van der Waals surface area contributed by atoms with E-state index >= 15 is 0 Å². The van der Waals surface area contributed by atoms with Crippen molar-refractivity contribution < 1.29 is 18.3 Å². The van der Waals surface area contributed by atoms with E-state index < -0.39 is 17.8 Å². The third-order valence-corrected chi connectivity index (χ3v) is 1.86. The van der Waals surface area contributed by atoms with Crippen molar-refractivity contribution in [1.29, 1.82) is 0 Å². The van der Waals surface area contributed by atoms with Crippen molar-refractivity contribution in [3.05, 3.63) is 35.9 Å². The molecule has 0 aromatic heterocycles. The molecule has 1 N–H and O–H groups in total. The highest BCUT2D eigenvalue weighted by molar-refractivity contribution is 5.88. The van der Waals surface area contributed by atoms with E-state index in [9.17, 15) is 13.6 Å². The van der Waals surface area contributed by atoms with E-state index in [2.05, 4.69) is 5.32 Å². The van der Waals surface area contributed by atoms with E-state index in [0.29, 0.717) is 6.08 Å². The average molecular weight is 255 g/mol. The molecule has 1 aromatic carbocycles. The molecule has 1 amide bonds. The predicted octanol–water partition coefficient (Wildman–Crippen LogP) is 4.27. The monoisotopic (exact) mass is 255 g/mol. The van der Waals surface area contributed by atoms with Crippen LogP contribution in [0, 0.1) is 0 Å². The van der Waals surface area contributed by atoms with E-state index in [1.165, 1.54) is 12.1 Å². The number of hydrogen-bond donors (Lipinski definition) is 1. The van der Waals surface area contributed by atoms with Gasteiger partial charge in [-0.3, -0.25) is 5.32 Å². The molecule has 98 valence electrons. The lowest BCUT2D eigenvalue weighted by Crippen LogP contribution is -2.27. The summed E-state index contributed by atoms with van der Waals surface area (Å²) in [6.45, 7) is 5.17. The van der Waals surface area contributed by atoms with Crippen LogP contribution < -0.4 is 5.32 Å². The van der Waals surface area contributed by atoms with Crippen LogP contribution in [0.2, 0.25) is 0 Å². The number of carbonyl (C=O) groups is 1. The van der Waals surface area contributed by atoms with Crippen LogP contribution in [0.4, 0.5) is 19.3 Å². The Labute approximate surface area is 104 Å². The van der Waals surface area contributed by atoms with Crippen molar-refractivity contribution in [2.75, 3.05) is 5.32 Å². The summed E-state index contributed by atoms with van der Waals surface area (Å²) in [5.41, 5.74) is -0.136. The first-order valence-electron chi connectivity index (χ1n) is 5.40. The molecule has 0 aliphatic rings. The van der Waals surface area contributed by atoms with E-state index in [1.54, 1.807) is 32.9 Å². The highest BCUT2D eigenvalue weighted by Crippen LogP contribution is 2.20. The minimum atomic E-state index is -1.83. The fraction of sp³-hybridized carbons (Fsp3) is 0.308. The van der Waals surface area contributed by atoms with Crippen LogP contribution in [-0.2, 0) is 4.74 Å². The number of rotatable bonds is 2. The Balaban J connectivity index is 2.85. The zero-order valence-corrected chi connectivity index (χ0v) is 10.5. The first kappa shape index (κ1) is 14.2. The van der Waals surface area contributed by atoms with E-state index in [-0.39, 0.29) is 11.3 Å². The second-order valence-electron chi connectivity index (χ2n) is 4.65. The van der Waals surface area contributed by atoms with E-state index in [0.717, 1.165) is 0 Å². The van der Waals surface area contributed by atoms with Gasteiger partial charge in [0.15, 0.2) is 0 Å². The first-order chi connectivity index (χ1) is 8.28. The molecule has 0 atom stereocenters. The Kier molecular flexibility index (Phi) is 4.42. The number of hydrogen-bond acceptors (Lipinski definition) is 2. The standard InChI is InChI=1S/C13H15F2NO2/c1-13(2,3)18-12(17)16-10-7-5-4-6-9(10)8-11(14)15/h4-8H,1-3H3,(H,16,17). The van der Waals surface area contributed by atoms with Crippen molar-refractivity contribution in [2.24, 2.45) is 0 Å². The smallest absolute Gasteiger partial charge is 0.412 e. The minimum Gasteiger partial charge on any atom is -0.444 e. The van der Waals surface area contributed by atoms with Gasteiger partial charge in [-0.25, -0.2) is 4.79 Å². The van der Waals surface area contributed by atoms with Crippen LogP contribution in [0.1, 0.15) is 26.3 Å². The maximum atomic E-state index is 12.2. The third kappa shape index (κ3) is 4.95. The van der Waals surface area contributed by atoms with Gasteiger partial charge in [-0.05, 0) is 26.8 Å². The Bertz CT molecular complexity index is 460. The topological polar surface area (TPSA) is 38.3 Å². The molecular weight excluding hydrogens is 240 g/mol. The van der Waals surface area contributed by atoms with Crippen molar-refractivity contribution >= 4 is 17.9 Å². The molecule has 0 saturated carbocycles. The number of benzene rings is 1. The van der Waals surface area contributed by atoms with E-state index in [4.69, 9.17) is 4.74 Å². The second-order valence-corrected chi connectivity index (χ2v) is 4.65. The molecule has 0 bridgehead atoms. The molecule has 1 rings (SSSR count). The van der Waals surface area contributed by atoms with Gasteiger partial charge in [-0.2, -0.15) is 8.78 Å². The summed E-state index contributed by atoms with van der Waals surface area (Å²) in [6.07, 6.45) is -1.82. The number of nitrogens with one attached hydrogen (secondary N) is 1. The van der Waals surface area contributed by atoms with Crippen LogP contribution in [0.25, 0.3) is 6.08 Å². The summed E-state index contributed by atoms with van der Waals surface area (Å²) in [5.74, 6) is 0. The molecule has 0 unspecified atom stereocenters. The minimum absolute atomic E-state index is 0.225. The number of halogens is 2. The van der Waals surface area contributed by atoms with Gasteiger partial charge in [-0.15, -0.1) is 0 Å². The summed E-state index contributed by atoms with van der Waals surface area (Å²) in [6, 6.07) is 6.25. The van der Waals surface area contributed by atoms with Crippen molar-refractivity contribution in [3.63, 3.8) is 0 Å². The Morgan fingerprint density at radius 3 is 2.44 bits per heavy atom. The summed E-state index contributed by atoms with van der Waals surface area (Å²) in [7, 11) is 0. The van der Waals surface area contributed by atoms with Crippen LogP contribution >= 0.6 is 0 Å². The van der Waals surface area contributed by atoms with Crippen molar-refractivity contribution in [3.8, 4) is 0 Å². The predicted molar refractivity (Wildman–Crippen MR) is 66.5 cm³/mol. The largest absolute Gasteiger partial charge is 0.444 e. The van der Waals surface area contributed by atoms with Gasteiger partial charge in [-0.1, -0.05) is 18.2 Å². The van der Waals surface area contributed by atoms with Gasteiger partial charge in [0.1, 0.15) is 5.60 Å². The lowest BCUT2D eigenvalue weighted by Gasteiger charge is -2.20. The van der Waals surface area contributed by atoms with Crippen molar-refractivity contribution in [1.82, 2.24) is 0 Å². The highest BCUT2D eigenvalue weighted by atomic mass is 19.3. The molecular formula is C13H15F2NO2. The Hall–Kier alpha value is -1.91. The molecule has 5 heteroatoms. The number of para-hydroxylation sites is 1. The Morgan fingerprint density at radius 1 is 1.28 bits per heavy atom. The molecule has 0 spiro atoms. The molecule has 18 heavy (non-hydrogen) atoms. The molecule has 0 saturated heterocycles. The van der Waals surface area contributed by atoms with Gasteiger partial charge in [0.05, 0.1) is 5.69 Å². The molecule has 0 aliphatic carbocycles.